The lowest BCUT2D eigenvalue weighted by Crippen LogP contribution is -2.37. The van der Waals surface area contributed by atoms with Crippen LogP contribution in [0.1, 0.15) is 24.9 Å². The number of carbonyl (C=O) groups excluding carboxylic acids is 1. The van der Waals surface area contributed by atoms with Crippen LogP contribution in [0.2, 0.25) is 0 Å². The fourth-order valence-electron chi connectivity index (χ4n) is 2.60. The van der Waals surface area contributed by atoms with Crippen LogP contribution in [0, 0.1) is 11.7 Å². The average Bonchev–Trinajstić information content (AvgIpc) is 2.72. The van der Waals surface area contributed by atoms with Crippen molar-refractivity contribution in [2.75, 3.05) is 20.1 Å². The molecule has 0 spiro atoms. The van der Waals surface area contributed by atoms with Crippen molar-refractivity contribution in [2.24, 2.45) is 5.92 Å². The molecule has 1 aliphatic rings. The van der Waals surface area contributed by atoms with E-state index < -0.39 is 0 Å². The molecule has 4 heteroatoms. The van der Waals surface area contributed by atoms with Gasteiger partial charge in [0.15, 0.2) is 0 Å². The Labute approximate surface area is 107 Å². The second-order valence-corrected chi connectivity index (χ2v) is 4.99. The van der Waals surface area contributed by atoms with E-state index >= 15 is 0 Å². The van der Waals surface area contributed by atoms with E-state index in [-0.39, 0.29) is 17.8 Å². The van der Waals surface area contributed by atoms with Crippen molar-refractivity contribution in [3.63, 3.8) is 0 Å². The monoisotopic (exact) mass is 250 g/mol. The summed E-state index contributed by atoms with van der Waals surface area (Å²) < 4.78 is 13.3. The smallest absolute Gasteiger partial charge is 0.237 e. The molecule has 3 nitrogen and oxygen atoms in total. The molecule has 1 amide bonds. The van der Waals surface area contributed by atoms with Gasteiger partial charge in [-0.1, -0.05) is 19.1 Å². The summed E-state index contributed by atoms with van der Waals surface area (Å²) in [6, 6.07) is 6.57. The SMILES string of the molecule is CNCC(=O)N1C[C@@H](C)C[C@@H]1c1cccc(F)c1. The topological polar surface area (TPSA) is 32.3 Å². The highest BCUT2D eigenvalue weighted by Gasteiger charge is 2.33. The highest BCUT2D eigenvalue weighted by atomic mass is 19.1. The molecule has 1 aromatic rings. The van der Waals surface area contributed by atoms with E-state index in [2.05, 4.69) is 12.2 Å². The molecule has 0 aromatic heterocycles. The van der Waals surface area contributed by atoms with Gasteiger partial charge in [-0.25, -0.2) is 4.39 Å². The van der Waals surface area contributed by atoms with Gasteiger partial charge in [0.2, 0.25) is 5.91 Å². The predicted octanol–water partition coefficient (Wildman–Crippen LogP) is 1.95. The summed E-state index contributed by atoms with van der Waals surface area (Å²) in [7, 11) is 1.76. The number of nitrogens with one attached hydrogen (secondary N) is 1. The first-order valence-corrected chi connectivity index (χ1v) is 6.31. The summed E-state index contributed by atoms with van der Waals surface area (Å²) >= 11 is 0. The number of likely N-dealkylation sites (tertiary alicyclic amines) is 1. The zero-order valence-corrected chi connectivity index (χ0v) is 10.8. The Hall–Kier alpha value is -1.42. The molecule has 0 saturated carbocycles. The third-order valence-electron chi connectivity index (χ3n) is 3.39. The molecule has 0 aliphatic carbocycles. The van der Waals surface area contributed by atoms with E-state index in [1.807, 2.05) is 11.0 Å². The Morgan fingerprint density at radius 3 is 3.00 bits per heavy atom. The van der Waals surface area contributed by atoms with Crippen molar-refractivity contribution in [1.29, 1.82) is 0 Å². The number of carbonyl (C=O) groups is 1. The molecule has 0 radical (unpaired) electrons. The van der Waals surface area contributed by atoms with Crippen LogP contribution in [0.3, 0.4) is 0 Å². The van der Waals surface area contributed by atoms with E-state index in [0.717, 1.165) is 18.5 Å². The highest BCUT2D eigenvalue weighted by molar-refractivity contribution is 5.79. The lowest BCUT2D eigenvalue weighted by atomic mass is 10.0. The maximum absolute atomic E-state index is 13.3. The molecule has 18 heavy (non-hydrogen) atoms. The Morgan fingerprint density at radius 2 is 2.33 bits per heavy atom. The average molecular weight is 250 g/mol. The second kappa shape index (κ2) is 5.48. The number of hydrogen-bond acceptors (Lipinski definition) is 2. The van der Waals surface area contributed by atoms with Crippen LogP contribution in [0.5, 0.6) is 0 Å². The first-order valence-electron chi connectivity index (χ1n) is 6.31. The zero-order valence-electron chi connectivity index (χ0n) is 10.8. The van der Waals surface area contributed by atoms with Gasteiger partial charge in [-0.15, -0.1) is 0 Å². The van der Waals surface area contributed by atoms with Crippen molar-refractivity contribution in [3.05, 3.63) is 35.6 Å². The van der Waals surface area contributed by atoms with E-state index in [1.165, 1.54) is 12.1 Å². The van der Waals surface area contributed by atoms with Gasteiger partial charge < -0.3 is 10.2 Å². The molecular weight excluding hydrogens is 231 g/mol. The van der Waals surface area contributed by atoms with E-state index in [0.29, 0.717) is 12.5 Å². The molecule has 0 unspecified atom stereocenters. The van der Waals surface area contributed by atoms with Gasteiger partial charge in [0.05, 0.1) is 12.6 Å². The Morgan fingerprint density at radius 1 is 1.56 bits per heavy atom. The maximum Gasteiger partial charge on any atom is 0.237 e. The number of hydrogen-bond donors (Lipinski definition) is 1. The minimum Gasteiger partial charge on any atom is -0.334 e. The van der Waals surface area contributed by atoms with Crippen molar-refractivity contribution < 1.29 is 9.18 Å². The molecule has 2 atom stereocenters. The summed E-state index contributed by atoms with van der Waals surface area (Å²) in [5, 5.41) is 2.88. The number of rotatable bonds is 3. The van der Waals surface area contributed by atoms with E-state index in [9.17, 15) is 9.18 Å². The highest BCUT2D eigenvalue weighted by Crippen LogP contribution is 2.35. The van der Waals surface area contributed by atoms with Crippen molar-refractivity contribution in [2.45, 2.75) is 19.4 Å². The molecule has 1 heterocycles. The minimum absolute atomic E-state index is 0.0107. The normalized spacial score (nSPS) is 23.4. The van der Waals surface area contributed by atoms with Gasteiger partial charge in [0.1, 0.15) is 5.82 Å². The van der Waals surface area contributed by atoms with Gasteiger partial charge in [0.25, 0.3) is 0 Å². The van der Waals surface area contributed by atoms with Crippen LogP contribution in [0.15, 0.2) is 24.3 Å². The van der Waals surface area contributed by atoms with Crippen LogP contribution < -0.4 is 5.32 Å². The number of amides is 1. The van der Waals surface area contributed by atoms with Crippen LogP contribution in [-0.2, 0) is 4.79 Å². The third kappa shape index (κ3) is 2.70. The third-order valence-corrected chi connectivity index (χ3v) is 3.39. The van der Waals surface area contributed by atoms with Crippen molar-refractivity contribution >= 4 is 5.91 Å². The Bertz CT molecular complexity index is 436. The fourth-order valence-corrected chi connectivity index (χ4v) is 2.60. The first-order chi connectivity index (χ1) is 8.61. The lowest BCUT2D eigenvalue weighted by molar-refractivity contribution is -0.131. The number of nitrogens with zero attached hydrogens (tertiary/aromatic N) is 1. The predicted molar refractivity (Wildman–Crippen MR) is 68.6 cm³/mol. The largest absolute Gasteiger partial charge is 0.334 e. The number of benzene rings is 1. The summed E-state index contributed by atoms with van der Waals surface area (Å²) in [4.78, 5) is 13.9. The molecule has 1 aliphatic heterocycles. The van der Waals surface area contributed by atoms with Crippen LogP contribution in [0.4, 0.5) is 4.39 Å². The number of halogens is 1. The van der Waals surface area contributed by atoms with Crippen molar-refractivity contribution in [3.8, 4) is 0 Å². The standard InChI is InChI=1S/C14H19FN2O/c1-10-6-13(11-4-3-5-12(15)7-11)17(9-10)14(18)8-16-2/h3-5,7,10,13,16H,6,8-9H2,1-2H3/t10-,13+/m0/s1. The van der Waals surface area contributed by atoms with Gasteiger partial charge >= 0.3 is 0 Å². The quantitative estimate of drug-likeness (QED) is 0.889. The van der Waals surface area contributed by atoms with Gasteiger partial charge in [-0.3, -0.25) is 4.79 Å². The molecule has 1 fully saturated rings. The first kappa shape index (κ1) is 13.0. The van der Waals surface area contributed by atoms with Crippen LogP contribution in [0.25, 0.3) is 0 Å². The van der Waals surface area contributed by atoms with E-state index in [4.69, 9.17) is 0 Å². The molecule has 1 N–H and O–H groups in total. The molecular formula is C14H19FN2O. The van der Waals surface area contributed by atoms with Crippen molar-refractivity contribution in [1.82, 2.24) is 10.2 Å². The summed E-state index contributed by atoms with van der Waals surface area (Å²) in [5.74, 6) is 0.295. The number of likely N-dealkylation sites (N-methyl/N-ethyl adjacent to an activating group) is 1. The zero-order chi connectivity index (χ0) is 13.1. The molecule has 1 aromatic carbocycles. The lowest BCUT2D eigenvalue weighted by Gasteiger charge is -2.25. The minimum atomic E-state index is -0.243. The Balaban J connectivity index is 2.21. The molecule has 98 valence electrons. The summed E-state index contributed by atoms with van der Waals surface area (Å²) in [5.41, 5.74) is 0.892. The van der Waals surface area contributed by atoms with Crippen LogP contribution in [-0.4, -0.2) is 30.9 Å². The Kier molecular flexibility index (Phi) is 3.97. The van der Waals surface area contributed by atoms with Gasteiger partial charge in [-0.2, -0.15) is 0 Å². The summed E-state index contributed by atoms with van der Waals surface area (Å²) in [6.45, 7) is 3.21. The fraction of sp³-hybridized carbons (Fsp3) is 0.500. The van der Waals surface area contributed by atoms with E-state index in [1.54, 1.807) is 13.1 Å². The molecule has 1 saturated heterocycles. The molecule has 0 bridgehead atoms. The van der Waals surface area contributed by atoms with Gasteiger partial charge in [0, 0.05) is 6.54 Å². The van der Waals surface area contributed by atoms with Crippen LogP contribution >= 0.6 is 0 Å². The maximum atomic E-state index is 13.3. The van der Waals surface area contributed by atoms with Gasteiger partial charge in [-0.05, 0) is 37.1 Å². The summed E-state index contributed by atoms with van der Waals surface area (Å²) in [6.07, 6.45) is 0.902. The second-order valence-electron chi connectivity index (χ2n) is 4.99. The molecule has 2 rings (SSSR count).